The molecule has 0 fully saturated rings. The summed E-state index contributed by atoms with van der Waals surface area (Å²) in [6.07, 6.45) is 0. The first-order valence-corrected chi connectivity index (χ1v) is 6.47. The molecule has 2 aromatic rings. The second kappa shape index (κ2) is 15.1. The van der Waals surface area contributed by atoms with Crippen LogP contribution in [0.4, 0.5) is 0 Å². The van der Waals surface area contributed by atoms with Gasteiger partial charge in [-0.3, -0.25) is 0 Å². The number of benzene rings is 2. The van der Waals surface area contributed by atoms with Crippen LogP contribution in [-0.2, 0) is 4.79 Å². The summed E-state index contributed by atoms with van der Waals surface area (Å²) in [5.41, 5.74) is 2.64. The molecule has 0 saturated carbocycles. The van der Waals surface area contributed by atoms with Crippen molar-refractivity contribution in [2.45, 2.75) is 27.7 Å². The van der Waals surface area contributed by atoms with E-state index in [1.807, 2.05) is 36.4 Å². The van der Waals surface area contributed by atoms with Crippen LogP contribution in [0.3, 0.4) is 0 Å². The lowest BCUT2D eigenvalue weighted by atomic mass is 10.2. The Morgan fingerprint density at radius 3 is 1.00 bits per heavy atom. The molecule has 0 radical (unpaired) electrons. The largest absolute Gasteiger partial charge is 0.400 e. The zero-order valence-electron chi connectivity index (χ0n) is 13.1. The number of hydrogen-bond donors (Lipinski definition) is 1. The summed E-state index contributed by atoms with van der Waals surface area (Å²) >= 11 is 0. The number of Topliss-reactive ketones (excluding diaryl/α,β-unsaturated/α-hetero) is 1. The number of carbonyl (C=O) groups is 1. The molecule has 1 N–H and O–H groups in total. The summed E-state index contributed by atoms with van der Waals surface area (Å²) < 4.78 is 0. The van der Waals surface area contributed by atoms with E-state index in [-0.39, 0.29) is 5.78 Å². The molecule has 0 heterocycles. The third-order valence-corrected chi connectivity index (χ3v) is 1.88. The van der Waals surface area contributed by atoms with Gasteiger partial charge in [-0.15, -0.1) is 0 Å². The molecule has 0 spiro atoms. The lowest BCUT2D eigenvalue weighted by Gasteiger charge is -1.82. The minimum atomic E-state index is 0.167. The van der Waals surface area contributed by atoms with Crippen molar-refractivity contribution in [3.63, 3.8) is 0 Å². The maximum absolute atomic E-state index is 9.44. The average Bonchev–Trinajstić information content (AvgIpc) is 2.43. The first-order valence-electron chi connectivity index (χ1n) is 6.47. The maximum atomic E-state index is 9.44. The van der Waals surface area contributed by atoms with Gasteiger partial charge in [0.2, 0.25) is 0 Å². The smallest absolute Gasteiger partial charge is 0.126 e. The van der Waals surface area contributed by atoms with E-state index >= 15 is 0 Å². The van der Waals surface area contributed by atoms with Crippen molar-refractivity contribution in [2.75, 3.05) is 7.11 Å². The second-order valence-electron chi connectivity index (χ2n) is 4.22. The van der Waals surface area contributed by atoms with E-state index in [0.717, 1.165) is 7.11 Å². The fraction of sp³-hybridized carbons (Fsp3) is 0.278. The quantitative estimate of drug-likeness (QED) is 0.782. The fourth-order valence-corrected chi connectivity index (χ4v) is 1.07. The van der Waals surface area contributed by atoms with Crippen LogP contribution < -0.4 is 0 Å². The molecular formula is C18H26O2. The number of carbonyl (C=O) groups excluding carboxylic acids is 1. The van der Waals surface area contributed by atoms with Gasteiger partial charge in [-0.2, -0.15) is 0 Å². The first kappa shape index (κ1) is 20.4. The predicted octanol–water partition coefficient (Wildman–Crippen LogP) is 4.19. The Hall–Kier alpha value is -1.93. The monoisotopic (exact) mass is 274 g/mol. The average molecular weight is 274 g/mol. The molecule has 0 amide bonds. The van der Waals surface area contributed by atoms with E-state index < -0.39 is 0 Å². The van der Waals surface area contributed by atoms with E-state index in [0.29, 0.717) is 0 Å². The van der Waals surface area contributed by atoms with E-state index in [1.165, 1.54) is 25.0 Å². The van der Waals surface area contributed by atoms with Gasteiger partial charge in [0.25, 0.3) is 0 Å². The summed E-state index contributed by atoms with van der Waals surface area (Å²) in [5.74, 6) is 0.167. The van der Waals surface area contributed by atoms with Crippen LogP contribution in [0.1, 0.15) is 25.0 Å². The number of rotatable bonds is 0. The van der Waals surface area contributed by atoms with Crippen LogP contribution >= 0.6 is 0 Å². The van der Waals surface area contributed by atoms with Crippen molar-refractivity contribution in [1.29, 1.82) is 0 Å². The molecule has 20 heavy (non-hydrogen) atoms. The van der Waals surface area contributed by atoms with Gasteiger partial charge in [0.1, 0.15) is 5.78 Å². The highest BCUT2D eigenvalue weighted by Crippen LogP contribution is 1.92. The van der Waals surface area contributed by atoms with Gasteiger partial charge in [0, 0.05) is 7.11 Å². The van der Waals surface area contributed by atoms with Gasteiger partial charge in [-0.1, -0.05) is 71.8 Å². The van der Waals surface area contributed by atoms with Gasteiger partial charge in [-0.25, -0.2) is 0 Å². The highest BCUT2D eigenvalue weighted by molar-refractivity contribution is 5.72. The zero-order chi connectivity index (χ0) is 15.8. The van der Waals surface area contributed by atoms with E-state index in [4.69, 9.17) is 5.11 Å². The minimum absolute atomic E-state index is 0.167. The van der Waals surface area contributed by atoms with E-state index in [9.17, 15) is 4.79 Å². The summed E-state index contributed by atoms with van der Waals surface area (Å²) in [5, 5.41) is 7.00. The summed E-state index contributed by atoms with van der Waals surface area (Å²) in [6, 6.07) is 20.5. The van der Waals surface area contributed by atoms with Crippen LogP contribution in [0.15, 0.2) is 60.7 Å². The number of aliphatic hydroxyl groups excluding tert-OH is 1. The molecule has 2 aromatic carbocycles. The molecule has 0 aliphatic rings. The number of hydrogen-bond acceptors (Lipinski definition) is 2. The molecule has 0 atom stereocenters. The summed E-state index contributed by atoms with van der Waals surface area (Å²) in [7, 11) is 1.00. The molecule has 0 saturated heterocycles. The standard InChI is InChI=1S/2C7H8.C3H6O.CH4O/c2*1-7-5-3-2-4-6-7;1-3(2)4;1-2/h2*2-6H,1H3;1-2H3;2H,1H3. The Bertz CT molecular complexity index is 380. The zero-order valence-corrected chi connectivity index (χ0v) is 13.1. The third kappa shape index (κ3) is 18.4. The molecular weight excluding hydrogens is 248 g/mol. The Kier molecular flexibility index (Phi) is 15.4. The third-order valence-electron chi connectivity index (χ3n) is 1.88. The Morgan fingerprint density at radius 1 is 0.700 bits per heavy atom. The van der Waals surface area contributed by atoms with Gasteiger partial charge >= 0.3 is 0 Å². The highest BCUT2D eigenvalue weighted by Gasteiger charge is 1.72. The fourth-order valence-electron chi connectivity index (χ4n) is 1.07. The lowest BCUT2D eigenvalue weighted by molar-refractivity contribution is -0.114. The maximum Gasteiger partial charge on any atom is 0.126 e. The SMILES string of the molecule is CC(C)=O.CO.Cc1ccccc1.Cc1ccccc1. The van der Waals surface area contributed by atoms with Crippen LogP contribution in [0, 0.1) is 13.8 Å². The van der Waals surface area contributed by atoms with E-state index in [1.54, 1.807) is 0 Å². The number of aliphatic hydroxyl groups is 1. The van der Waals surface area contributed by atoms with Crippen LogP contribution in [0.2, 0.25) is 0 Å². The summed E-state index contributed by atoms with van der Waals surface area (Å²) in [4.78, 5) is 9.44. The summed E-state index contributed by atoms with van der Waals surface area (Å²) in [6.45, 7) is 7.22. The van der Waals surface area contributed by atoms with Crippen molar-refractivity contribution in [3.8, 4) is 0 Å². The Labute approximate surface area is 123 Å². The normalized spacial score (nSPS) is 7.70. The van der Waals surface area contributed by atoms with Crippen molar-refractivity contribution in [3.05, 3.63) is 71.8 Å². The van der Waals surface area contributed by atoms with Crippen molar-refractivity contribution >= 4 is 5.78 Å². The second-order valence-corrected chi connectivity index (χ2v) is 4.22. The topological polar surface area (TPSA) is 37.3 Å². The first-order chi connectivity index (χ1) is 9.52. The number of ketones is 1. The molecule has 2 rings (SSSR count). The van der Waals surface area contributed by atoms with Gasteiger partial charge in [-0.05, 0) is 27.7 Å². The molecule has 2 heteroatoms. The molecule has 0 bridgehead atoms. The molecule has 0 unspecified atom stereocenters. The predicted molar refractivity (Wildman–Crippen MR) is 86.9 cm³/mol. The van der Waals surface area contributed by atoms with Crippen molar-refractivity contribution < 1.29 is 9.90 Å². The van der Waals surface area contributed by atoms with Crippen LogP contribution in [-0.4, -0.2) is 18.0 Å². The van der Waals surface area contributed by atoms with Crippen LogP contribution in [0.25, 0.3) is 0 Å². The van der Waals surface area contributed by atoms with Crippen molar-refractivity contribution in [1.82, 2.24) is 0 Å². The van der Waals surface area contributed by atoms with Gasteiger partial charge in [0.15, 0.2) is 0 Å². The Morgan fingerprint density at radius 2 is 0.900 bits per heavy atom. The Balaban J connectivity index is 0. The van der Waals surface area contributed by atoms with Crippen molar-refractivity contribution in [2.24, 2.45) is 0 Å². The molecule has 2 nitrogen and oxygen atoms in total. The minimum Gasteiger partial charge on any atom is -0.400 e. The lowest BCUT2D eigenvalue weighted by Crippen LogP contribution is -1.69. The molecule has 0 aliphatic carbocycles. The van der Waals surface area contributed by atoms with Gasteiger partial charge in [0.05, 0.1) is 0 Å². The molecule has 0 aliphatic heterocycles. The van der Waals surface area contributed by atoms with E-state index in [2.05, 4.69) is 38.1 Å². The molecule has 0 aromatic heterocycles. The highest BCUT2D eigenvalue weighted by atomic mass is 16.2. The number of aryl methyl sites for hydroxylation is 2. The molecule has 110 valence electrons. The van der Waals surface area contributed by atoms with Gasteiger partial charge < -0.3 is 9.90 Å². The van der Waals surface area contributed by atoms with Crippen LogP contribution in [0.5, 0.6) is 0 Å².